The van der Waals surface area contributed by atoms with Gasteiger partial charge in [-0.2, -0.15) is 5.26 Å². The molecule has 4 heterocycles. The Hall–Kier alpha value is -4.11. The molecule has 0 atom stereocenters. The smallest absolute Gasteiger partial charge is 0.350 e. The second-order valence-electron chi connectivity index (χ2n) is 11.7. The topological polar surface area (TPSA) is 83.3 Å². The van der Waals surface area contributed by atoms with Crippen LogP contribution in [0.3, 0.4) is 0 Å². The van der Waals surface area contributed by atoms with Crippen molar-refractivity contribution in [3.63, 3.8) is 0 Å². The maximum absolute atomic E-state index is 13.6. The van der Waals surface area contributed by atoms with Crippen LogP contribution in [-0.4, -0.2) is 18.1 Å². The van der Waals surface area contributed by atoms with Gasteiger partial charge < -0.3 is 13.7 Å². The number of hydrogen-bond acceptors (Lipinski definition) is 6. The molecule has 6 nitrogen and oxygen atoms in total. The van der Waals surface area contributed by atoms with Gasteiger partial charge in [-0.15, -0.1) is 0 Å². The van der Waals surface area contributed by atoms with Crippen LogP contribution in [0.25, 0.3) is 44.3 Å². The van der Waals surface area contributed by atoms with E-state index in [9.17, 15) is 10.1 Å². The van der Waals surface area contributed by atoms with Gasteiger partial charge in [0.25, 0.3) is 0 Å². The quantitative estimate of drug-likeness (QED) is 0.241. The molecule has 0 bridgehead atoms. The van der Waals surface area contributed by atoms with Crippen molar-refractivity contribution < 1.29 is 8.83 Å². The average molecular weight is 490 g/mol. The van der Waals surface area contributed by atoms with Crippen LogP contribution in [-0.2, 0) is 10.8 Å². The predicted octanol–water partition coefficient (Wildman–Crippen LogP) is 6.80. The summed E-state index contributed by atoms with van der Waals surface area (Å²) in [7, 11) is 0. The molecule has 5 aromatic rings. The molecule has 6 heteroatoms. The highest BCUT2D eigenvalue weighted by Gasteiger charge is 2.42. The highest BCUT2D eigenvalue weighted by atomic mass is 16.4. The number of nitriles is 1. The third-order valence-corrected chi connectivity index (χ3v) is 8.49. The summed E-state index contributed by atoms with van der Waals surface area (Å²) in [6.45, 7) is 10.9. The van der Waals surface area contributed by atoms with E-state index in [0.29, 0.717) is 22.1 Å². The zero-order chi connectivity index (χ0) is 25.7. The molecule has 0 aliphatic carbocycles. The predicted molar refractivity (Wildman–Crippen MR) is 145 cm³/mol. The van der Waals surface area contributed by atoms with Gasteiger partial charge in [0.05, 0.1) is 5.56 Å². The summed E-state index contributed by atoms with van der Waals surface area (Å²) in [6, 6.07) is 16.2. The van der Waals surface area contributed by atoms with Crippen LogP contribution < -0.4 is 10.5 Å². The fraction of sp³-hybridized carbons (Fsp3) is 0.323. The van der Waals surface area contributed by atoms with Gasteiger partial charge in [-0.1, -0.05) is 52.0 Å². The van der Waals surface area contributed by atoms with Crippen molar-refractivity contribution in [1.29, 1.82) is 5.26 Å². The van der Waals surface area contributed by atoms with Crippen LogP contribution in [0.15, 0.2) is 56.1 Å². The van der Waals surface area contributed by atoms with Gasteiger partial charge in [0, 0.05) is 29.7 Å². The molecule has 3 aromatic carbocycles. The van der Waals surface area contributed by atoms with Crippen molar-refractivity contribution in [2.45, 2.75) is 51.4 Å². The molecule has 0 N–H and O–H groups in total. The number of anilines is 1. The first-order valence-electron chi connectivity index (χ1n) is 12.8. The van der Waals surface area contributed by atoms with Gasteiger partial charge in [-0.25, -0.2) is 9.78 Å². The normalized spacial score (nSPS) is 17.8. The van der Waals surface area contributed by atoms with Crippen molar-refractivity contribution in [3.8, 4) is 17.5 Å². The average Bonchev–Trinajstić information content (AvgIpc) is 3.26. The summed E-state index contributed by atoms with van der Waals surface area (Å²) in [5.41, 5.74) is 4.60. The van der Waals surface area contributed by atoms with Gasteiger partial charge in [0.15, 0.2) is 5.58 Å². The second kappa shape index (κ2) is 7.23. The molecule has 2 aliphatic rings. The van der Waals surface area contributed by atoms with E-state index in [-0.39, 0.29) is 27.8 Å². The van der Waals surface area contributed by atoms with Crippen LogP contribution in [0.2, 0.25) is 0 Å². The van der Waals surface area contributed by atoms with Crippen molar-refractivity contribution in [3.05, 3.63) is 69.6 Å². The lowest BCUT2D eigenvalue weighted by atomic mass is 9.69. The minimum Gasteiger partial charge on any atom is -0.436 e. The first-order valence-corrected chi connectivity index (χ1v) is 12.8. The molecule has 7 rings (SSSR count). The van der Waals surface area contributed by atoms with E-state index in [4.69, 9.17) is 8.83 Å². The van der Waals surface area contributed by atoms with Crippen molar-refractivity contribution >= 4 is 38.5 Å². The summed E-state index contributed by atoms with van der Waals surface area (Å²) < 4.78 is 12.2. The Kier molecular flexibility index (Phi) is 4.32. The van der Waals surface area contributed by atoms with Gasteiger partial charge in [0.2, 0.25) is 5.89 Å². The highest BCUT2D eigenvalue weighted by molar-refractivity contribution is 5.98. The molecular formula is C31H27N3O3. The van der Waals surface area contributed by atoms with Crippen molar-refractivity contribution in [1.82, 2.24) is 4.98 Å². The van der Waals surface area contributed by atoms with E-state index in [1.165, 1.54) is 11.3 Å². The summed E-state index contributed by atoms with van der Waals surface area (Å²) >= 11 is 0. The van der Waals surface area contributed by atoms with Crippen molar-refractivity contribution in [2.24, 2.45) is 0 Å². The van der Waals surface area contributed by atoms with Gasteiger partial charge in [0.1, 0.15) is 22.7 Å². The lowest BCUT2D eigenvalue weighted by Gasteiger charge is -2.48. The van der Waals surface area contributed by atoms with Crippen LogP contribution in [0, 0.1) is 11.3 Å². The van der Waals surface area contributed by atoms with E-state index >= 15 is 0 Å². The second-order valence-corrected chi connectivity index (χ2v) is 11.7. The Morgan fingerprint density at radius 1 is 0.973 bits per heavy atom. The molecule has 0 radical (unpaired) electrons. The summed E-state index contributed by atoms with van der Waals surface area (Å²) in [5.74, 6) is 0.115. The molecule has 0 unspecified atom stereocenters. The van der Waals surface area contributed by atoms with E-state index in [1.807, 2.05) is 36.4 Å². The van der Waals surface area contributed by atoms with Crippen LogP contribution in [0.4, 0.5) is 5.69 Å². The van der Waals surface area contributed by atoms with Crippen LogP contribution in [0.1, 0.15) is 57.2 Å². The highest BCUT2D eigenvalue weighted by Crippen LogP contribution is 2.52. The number of aromatic nitrogens is 1. The molecule has 37 heavy (non-hydrogen) atoms. The van der Waals surface area contributed by atoms with E-state index in [2.05, 4.69) is 49.7 Å². The zero-order valence-corrected chi connectivity index (χ0v) is 21.4. The lowest BCUT2D eigenvalue weighted by molar-refractivity contribution is 0.398. The molecule has 0 saturated carbocycles. The lowest BCUT2D eigenvalue weighted by Crippen LogP contribution is -2.44. The molecule has 184 valence electrons. The Morgan fingerprint density at radius 3 is 2.41 bits per heavy atom. The molecule has 0 fully saturated rings. The van der Waals surface area contributed by atoms with Crippen LogP contribution >= 0.6 is 0 Å². The maximum atomic E-state index is 13.6. The number of hydrogen-bond donors (Lipinski definition) is 0. The fourth-order valence-corrected chi connectivity index (χ4v) is 6.25. The minimum absolute atomic E-state index is 0.0665. The molecule has 2 aromatic heterocycles. The van der Waals surface area contributed by atoms with Crippen molar-refractivity contribution in [2.75, 3.05) is 18.0 Å². The van der Waals surface area contributed by atoms with Gasteiger partial charge in [-0.3, -0.25) is 0 Å². The zero-order valence-electron chi connectivity index (χ0n) is 21.4. The molecule has 0 amide bonds. The maximum Gasteiger partial charge on any atom is 0.350 e. The molecular weight excluding hydrogens is 462 g/mol. The van der Waals surface area contributed by atoms with Gasteiger partial charge >= 0.3 is 5.63 Å². The van der Waals surface area contributed by atoms with E-state index in [0.717, 1.165) is 42.3 Å². The molecule has 0 saturated heterocycles. The number of oxazole rings is 1. The summed E-state index contributed by atoms with van der Waals surface area (Å²) in [4.78, 5) is 20.6. The van der Waals surface area contributed by atoms with E-state index < -0.39 is 5.63 Å². The molecule has 0 spiro atoms. The van der Waals surface area contributed by atoms with E-state index in [1.54, 1.807) is 0 Å². The molecule has 2 aliphatic heterocycles. The standard InChI is InChI=1S/C31H27N3O3/c1-30(2)9-11-34-12-10-31(3,4)25-26(34)21(30)15-19-20(16-32)24(29(35)37-27(19)25)28-33-22-13-17-7-5-6-8-18(17)14-23(22)36-28/h5-8,13-15H,9-12H2,1-4H3. The minimum atomic E-state index is -0.598. The first kappa shape index (κ1) is 22.1. The Bertz CT molecular complexity index is 1830. The Balaban J connectivity index is 1.57. The monoisotopic (exact) mass is 489 g/mol. The SMILES string of the molecule is CC1(C)CCN2CCC(C)(C)c3c2c1cc1c(C#N)c(-c2nc4cc5ccccc5cc4o2)c(=O)oc31. The number of nitrogens with zero attached hydrogens (tertiary/aromatic N) is 3. The summed E-state index contributed by atoms with van der Waals surface area (Å²) in [5, 5.41) is 13.1. The number of fused-ring (bicyclic) bond motifs is 4. The Morgan fingerprint density at radius 2 is 1.68 bits per heavy atom. The van der Waals surface area contributed by atoms with Gasteiger partial charge in [-0.05, 0) is 58.2 Å². The fourth-order valence-electron chi connectivity index (χ4n) is 6.25. The number of rotatable bonds is 1. The third-order valence-electron chi connectivity index (χ3n) is 8.49. The first-order chi connectivity index (χ1) is 17.7. The Labute approximate surface area is 214 Å². The summed E-state index contributed by atoms with van der Waals surface area (Å²) in [6.07, 6.45) is 1.97. The number of benzene rings is 3. The third kappa shape index (κ3) is 3.03. The van der Waals surface area contributed by atoms with Crippen LogP contribution in [0.5, 0.6) is 0 Å². The largest absolute Gasteiger partial charge is 0.436 e.